The minimum absolute atomic E-state index is 0.0230. The lowest BCUT2D eigenvalue weighted by Crippen LogP contribution is -2.47. The summed E-state index contributed by atoms with van der Waals surface area (Å²) in [6.45, 7) is 1.45. The van der Waals surface area contributed by atoms with Crippen LogP contribution in [-0.4, -0.2) is 50.1 Å². The van der Waals surface area contributed by atoms with Crippen molar-refractivity contribution in [2.75, 3.05) is 27.3 Å². The molecule has 1 heterocycles. The highest BCUT2D eigenvalue weighted by atomic mass is 16.5. The number of ether oxygens (including phenoxy) is 2. The average Bonchev–Trinajstić information content (AvgIpc) is 2.85. The highest BCUT2D eigenvalue weighted by Crippen LogP contribution is 2.29. The maximum Gasteiger partial charge on any atom is 0.225 e. The third-order valence-corrected chi connectivity index (χ3v) is 5.62. The van der Waals surface area contributed by atoms with Gasteiger partial charge in [0.15, 0.2) is 11.5 Å². The molecule has 1 aliphatic carbocycles. The van der Waals surface area contributed by atoms with Crippen LogP contribution in [0.25, 0.3) is 0 Å². The summed E-state index contributed by atoms with van der Waals surface area (Å²) in [5.74, 6) is 1.74. The Morgan fingerprint density at radius 1 is 1.07 bits per heavy atom. The molecule has 0 aromatic heterocycles. The molecule has 1 N–H and O–H groups in total. The Balaban J connectivity index is 1.56. The molecule has 3 rings (SSSR count). The molecule has 2 amide bonds. The fraction of sp³-hybridized carbons (Fsp3) is 0.619. The number of carbonyl (C=O) groups excluding carboxylic acids is 2. The van der Waals surface area contributed by atoms with E-state index >= 15 is 0 Å². The lowest BCUT2D eigenvalue weighted by Gasteiger charge is -2.32. The smallest absolute Gasteiger partial charge is 0.225 e. The second-order valence-corrected chi connectivity index (χ2v) is 7.54. The zero-order chi connectivity index (χ0) is 19.2. The van der Waals surface area contributed by atoms with Crippen LogP contribution in [0.3, 0.4) is 0 Å². The molecule has 6 heteroatoms. The third kappa shape index (κ3) is 4.93. The van der Waals surface area contributed by atoms with Crippen LogP contribution in [0.5, 0.6) is 11.5 Å². The number of methoxy groups -OCH3 is 2. The molecule has 0 spiro atoms. The Kier molecular flexibility index (Phi) is 6.58. The predicted molar refractivity (Wildman–Crippen MR) is 103 cm³/mol. The van der Waals surface area contributed by atoms with Crippen LogP contribution >= 0.6 is 0 Å². The number of likely N-dealkylation sites (tertiary alicyclic amines) is 1. The van der Waals surface area contributed by atoms with Gasteiger partial charge in [0.2, 0.25) is 11.8 Å². The van der Waals surface area contributed by atoms with Gasteiger partial charge in [-0.15, -0.1) is 0 Å². The first-order valence-electron chi connectivity index (χ1n) is 9.89. The third-order valence-electron chi connectivity index (χ3n) is 5.62. The van der Waals surface area contributed by atoms with Crippen LogP contribution in [0.15, 0.2) is 18.2 Å². The number of nitrogens with zero attached hydrogens (tertiary/aromatic N) is 1. The van der Waals surface area contributed by atoms with Crippen LogP contribution < -0.4 is 14.8 Å². The SMILES string of the molecule is COc1ccc(CC(=O)N[C@@H]2CCCCN(C(=O)C3CCC3)C2)cc1OC. The number of rotatable bonds is 6. The predicted octanol–water partition coefficient (Wildman–Crippen LogP) is 2.54. The molecule has 2 aliphatic rings. The summed E-state index contributed by atoms with van der Waals surface area (Å²) in [6.07, 6.45) is 6.46. The maximum atomic E-state index is 12.6. The van der Waals surface area contributed by atoms with Gasteiger partial charge >= 0.3 is 0 Å². The lowest BCUT2D eigenvalue weighted by molar-refractivity contribution is -0.138. The number of benzene rings is 1. The van der Waals surface area contributed by atoms with Crippen molar-refractivity contribution in [2.45, 2.75) is 51.0 Å². The van der Waals surface area contributed by atoms with E-state index in [1.807, 2.05) is 23.1 Å². The van der Waals surface area contributed by atoms with E-state index in [1.54, 1.807) is 14.2 Å². The molecule has 2 fully saturated rings. The maximum absolute atomic E-state index is 12.6. The minimum atomic E-state index is -0.0230. The first-order valence-corrected chi connectivity index (χ1v) is 9.89. The summed E-state index contributed by atoms with van der Waals surface area (Å²) in [5, 5.41) is 3.13. The Labute approximate surface area is 161 Å². The highest BCUT2D eigenvalue weighted by Gasteiger charge is 2.31. The summed E-state index contributed by atoms with van der Waals surface area (Å²) in [6, 6.07) is 5.55. The number of hydrogen-bond acceptors (Lipinski definition) is 4. The molecule has 1 atom stereocenters. The zero-order valence-corrected chi connectivity index (χ0v) is 16.3. The van der Waals surface area contributed by atoms with E-state index < -0.39 is 0 Å². The monoisotopic (exact) mass is 374 g/mol. The van der Waals surface area contributed by atoms with Gasteiger partial charge in [0.05, 0.1) is 20.6 Å². The van der Waals surface area contributed by atoms with Crippen molar-refractivity contribution in [2.24, 2.45) is 5.92 Å². The van der Waals surface area contributed by atoms with Gasteiger partial charge in [0.1, 0.15) is 0 Å². The van der Waals surface area contributed by atoms with Crippen LogP contribution in [-0.2, 0) is 16.0 Å². The summed E-state index contributed by atoms with van der Waals surface area (Å²) in [7, 11) is 3.17. The number of amides is 2. The van der Waals surface area contributed by atoms with Crippen molar-refractivity contribution in [3.05, 3.63) is 23.8 Å². The first-order chi connectivity index (χ1) is 13.1. The molecular formula is C21H30N2O4. The van der Waals surface area contributed by atoms with E-state index in [0.717, 1.165) is 50.6 Å². The van der Waals surface area contributed by atoms with Gasteiger partial charge in [-0.25, -0.2) is 0 Å². The van der Waals surface area contributed by atoms with E-state index in [4.69, 9.17) is 9.47 Å². The fourth-order valence-corrected chi connectivity index (χ4v) is 3.83. The number of carbonyl (C=O) groups is 2. The van der Waals surface area contributed by atoms with Crippen molar-refractivity contribution < 1.29 is 19.1 Å². The van der Waals surface area contributed by atoms with Gasteiger partial charge in [-0.2, -0.15) is 0 Å². The Morgan fingerprint density at radius 2 is 1.85 bits per heavy atom. The molecule has 148 valence electrons. The standard InChI is InChI=1S/C21H30N2O4/c1-26-18-10-9-15(12-19(18)27-2)13-20(24)22-17-8-3-4-11-23(14-17)21(25)16-6-5-7-16/h9-10,12,16-17H,3-8,11,13-14H2,1-2H3,(H,22,24)/t17-/m1/s1. The average molecular weight is 374 g/mol. The second kappa shape index (κ2) is 9.11. The van der Waals surface area contributed by atoms with Crippen LogP contribution in [0.2, 0.25) is 0 Å². The van der Waals surface area contributed by atoms with Gasteiger partial charge in [-0.05, 0) is 49.8 Å². The van der Waals surface area contributed by atoms with E-state index in [2.05, 4.69) is 5.32 Å². The Hall–Kier alpha value is -2.24. The van der Waals surface area contributed by atoms with Gasteiger partial charge in [-0.1, -0.05) is 12.5 Å². The van der Waals surface area contributed by atoms with E-state index in [1.165, 1.54) is 0 Å². The number of nitrogens with one attached hydrogen (secondary N) is 1. The molecule has 1 aromatic carbocycles. The first kappa shape index (κ1) is 19.5. The molecule has 1 saturated heterocycles. The Morgan fingerprint density at radius 3 is 2.52 bits per heavy atom. The summed E-state index contributed by atoms with van der Waals surface area (Å²) in [5.41, 5.74) is 0.876. The molecule has 27 heavy (non-hydrogen) atoms. The largest absolute Gasteiger partial charge is 0.493 e. The minimum Gasteiger partial charge on any atom is -0.493 e. The molecule has 0 unspecified atom stereocenters. The summed E-state index contributed by atoms with van der Waals surface area (Å²) >= 11 is 0. The van der Waals surface area contributed by atoms with Crippen LogP contribution in [0, 0.1) is 5.92 Å². The Bertz CT molecular complexity index is 672. The van der Waals surface area contributed by atoms with E-state index in [9.17, 15) is 9.59 Å². The van der Waals surface area contributed by atoms with Crippen molar-refractivity contribution in [3.63, 3.8) is 0 Å². The van der Waals surface area contributed by atoms with Crippen LogP contribution in [0.4, 0.5) is 0 Å². The topological polar surface area (TPSA) is 67.9 Å². The molecule has 1 saturated carbocycles. The molecule has 0 bridgehead atoms. The van der Waals surface area contributed by atoms with Crippen molar-refractivity contribution in [3.8, 4) is 11.5 Å². The molecule has 0 radical (unpaired) electrons. The van der Waals surface area contributed by atoms with E-state index in [0.29, 0.717) is 18.0 Å². The zero-order valence-electron chi connectivity index (χ0n) is 16.3. The normalized spacial score (nSPS) is 20.4. The van der Waals surface area contributed by atoms with Crippen molar-refractivity contribution in [1.29, 1.82) is 0 Å². The quantitative estimate of drug-likeness (QED) is 0.831. The van der Waals surface area contributed by atoms with Crippen molar-refractivity contribution in [1.82, 2.24) is 10.2 Å². The molecule has 6 nitrogen and oxygen atoms in total. The number of hydrogen-bond donors (Lipinski definition) is 1. The molecular weight excluding hydrogens is 344 g/mol. The van der Waals surface area contributed by atoms with Gasteiger partial charge in [-0.3, -0.25) is 9.59 Å². The molecule has 1 aliphatic heterocycles. The van der Waals surface area contributed by atoms with Gasteiger partial charge in [0, 0.05) is 25.0 Å². The van der Waals surface area contributed by atoms with Crippen LogP contribution in [0.1, 0.15) is 44.1 Å². The summed E-state index contributed by atoms with van der Waals surface area (Å²) in [4.78, 5) is 27.1. The van der Waals surface area contributed by atoms with Crippen molar-refractivity contribution >= 4 is 11.8 Å². The second-order valence-electron chi connectivity index (χ2n) is 7.54. The lowest BCUT2D eigenvalue weighted by atomic mass is 9.84. The van der Waals surface area contributed by atoms with Gasteiger partial charge < -0.3 is 19.7 Å². The highest BCUT2D eigenvalue weighted by molar-refractivity contribution is 5.81. The van der Waals surface area contributed by atoms with E-state index in [-0.39, 0.29) is 30.2 Å². The fourth-order valence-electron chi connectivity index (χ4n) is 3.83. The molecule has 1 aromatic rings. The summed E-state index contributed by atoms with van der Waals surface area (Å²) < 4.78 is 10.5. The van der Waals surface area contributed by atoms with Gasteiger partial charge in [0.25, 0.3) is 0 Å².